The fourth-order valence-corrected chi connectivity index (χ4v) is 0.466. The van der Waals surface area contributed by atoms with Crippen LogP contribution >= 0.6 is 0 Å². The van der Waals surface area contributed by atoms with Crippen LogP contribution in [0.3, 0.4) is 0 Å². The van der Waals surface area contributed by atoms with Crippen molar-refractivity contribution in [3.63, 3.8) is 0 Å². The Morgan fingerprint density at radius 3 is 2.90 bits per heavy atom. The van der Waals surface area contributed by atoms with Crippen molar-refractivity contribution >= 4 is 11.9 Å². The Morgan fingerprint density at radius 1 is 1.80 bits per heavy atom. The van der Waals surface area contributed by atoms with Gasteiger partial charge < -0.3 is 10.2 Å². The molecule has 10 heavy (non-hydrogen) atoms. The Labute approximate surface area is 56.2 Å². The fourth-order valence-electron chi connectivity index (χ4n) is 0.466. The zero-order valence-electron chi connectivity index (χ0n) is 5.00. The molecular formula is C4H6N4O2. The maximum absolute atomic E-state index is 10.6. The van der Waals surface area contributed by atoms with Crippen LogP contribution in [0, 0.1) is 0 Å². The Bertz CT molecular complexity index is 243. The number of nitrogens with two attached hydrogens (primary N) is 2. The lowest BCUT2D eigenvalue weighted by atomic mass is 10.5. The number of nitrogens with one attached hydrogen (secondary N) is 1. The minimum Gasteiger partial charge on any atom is -0.431 e. The quantitative estimate of drug-likeness (QED) is 0.261. The molecule has 0 radical (unpaired) electrons. The van der Waals surface area contributed by atoms with E-state index in [1.807, 2.05) is 5.43 Å². The number of carbonyl (C=O) groups excluding carboxylic acids is 1. The zero-order chi connectivity index (χ0) is 7.56. The van der Waals surface area contributed by atoms with Gasteiger partial charge in [-0.1, -0.05) is 0 Å². The summed E-state index contributed by atoms with van der Waals surface area (Å²) in [5.74, 6) is 4.26. The van der Waals surface area contributed by atoms with Crippen molar-refractivity contribution in [2.45, 2.75) is 0 Å². The van der Waals surface area contributed by atoms with Gasteiger partial charge in [0, 0.05) is 0 Å². The number of amides is 1. The number of hydrazine groups is 1. The molecule has 1 amide bonds. The molecule has 1 rings (SSSR count). The second-order valence-electron chi connectivity index (χ2n) is 1.54. The van der Waals surface area contributed by atoms with E-state index in [0.717, 1.165) is 6.26 Å². The lowest BCUT2D eigenvalue weighted by molar-refractivity contribution is 0.0948. The van der Waals surface area contributed by atoms with Crippen LogP contribution < -0.4 is 17.0 Å². The van der Waals surface area contributed by atoms with Gasteiger partial charge in [-0.3, -0.25) is 10.2 Å². The molecule has 0 atom stereocenters. The molecular weight excluding hydrogens is 136 g/mol. The Morgan fingerprint density at radius 2 is 2.50 bits per heavy atom. The molecule has 5 N–H and O–H groups in total. The number of nitrogen functional groups attached to an aromatic ring is 2. The van der Waals surface area contributed by atoms with E-state index in [-0.39, 0.29) is 11.7 Å². The monoisotopic (exact) mass is 142 g/mol. The van der Waals surface area contributed by atoms with Crippen LogP contribution in [0.25, 0.3) is 0 Å². The number of oxazole rings is 1. The third-order valence-electron chi connectivity index (χ3n) is 0.886. The highest BCUT2D eigenvalue weighted by Gasteiger charge is 2.07. The second-order valence-corrected chi connectivity index (χ2v) is 1.54. The van der Waals surface area contributed by atoms with Crippen LogP contribution in [0.5, 0.6) is 0 Å². The van der Waals surface area contributed by atoms with Crippen LogP contribution in [0.1, 0.15) is 10.5 Å². The van der Waals surface area contributed by atoms with Gasteiger partial charge in [-0.25, -0.2) is 5.84 Å². The summed E-state index contributed by atoms with van der Waals surface area (Å²) >= 11 is 0. The van der Waals surface area contributed by atoms with E-state index >= 15 is 0 Å². The highest BCUT2D eigenvalue weighted by atomic mass is 16.4. The predicted molar refractivity (Wildman–Crippen MR) is 32.6 cm³/mol. The van der Waals surface area contributed by atoms with E-state index in [9.17, 15) is 4.79 Å². The van der Waals surface area contributed by atoms with Gasteiger partial charge in [-0.2, -0.15) is 4.98 Å². The summed E-state index contributed by atoms with van der Waals surface area (Å²) in [4.78, 5) is 14.1. The number of aromatic nitrogens is 1. The van der Waals surface area contributed by atoms with Crippen molar-refractivity contribution in [1.29, 1.82) is 0 Å². The van der Waals surface area contributed by atoms with E-state index in [4.69, 9.17) is 11.6 Å². The van der Waals surface area contributed by atoms with Gasteiger partial charge in [-0.05, 0) is 0 Å². The summed E-state index contributed by atoms with van der Waals surface area (Å²) in [5.41, 5.74) is 7.02. The normalized spacial score (nSPS) is 9.30. The Kier molecular flexibility index (Phi) is 1.55. The van der Waals surface area contributed by atoms with Crippen molar-refractivity contribution in [1.82, 2.24) is 10.4 Å². The SMILES string of the molecule is NNC(=O)c1coc(N)n1. The van der Waals surface area contributed by atoms with E-state index < -0.39 is 5.91 Å². The molecule has 0 fully saturated rings. The smallest absolute Gasteiger partial charge is 0.292 e. The average molecular weight is 142 g/mol. The Balaban J connectivity index is 2.85. The van der Waals surface area contributed by atoms with Gasteiger partial charge in [0.2, 0.25) is 0 Å². The molecule has 0 spiro atoms. The number of anilines is 1. The molecule has 0 aliphatic carbocycles. The molecule has 0 saturated heterocycles. The van der Waals surface area contributed by atoms with Crippen LogP contribution in [-0.4, -0.2) is 10.9 Å². The van der Waals surface area contributed by atoms with Crippen molar-refractivity contribution in [2.75, 3.05) is 5.73 Å². The minimum atomic E-state index is -0.527. The van der Waals surface area contributed by atoms with Gasteiger partial charge >= 0.3 is 0 Å². The molecule has 54 valence electrons. The number of carbonyl (C=O) groups is 1. The van der Waals surface area contributed by atoms with E-state index in [1.165, 1.54) is 0 Å². The van der Waals surface area contributed by atoms with Crippen molar-refractivity contribution < 1.29 is 9.21 Å². The molecule has 0 aromatic carbocycles. The van der Waals surface area contributed by atoms with Crippen molar-refractivity contribution in [3.8, 4) is 0 Å². The first-order valence-electron chi connectivity index (χ1n) is 2.46. The molecule has 1 heterocycles. The summed E-state index contributed by atoms with van der Waals surface area (Å²) < 4.78 is 4.54. The molecule has 6 heteroatoms. The molecule has 1 aromatic heterocycles. The van der Waals surface area contributed by atoms with Crippen LogP contribution in [0.4, 0.5) is 6.01 Å². The number of nitrogens with zero attached hydrogens (tertiary/aromatic N) is 1. The van der Waals surface area contributed by atoms with Gasteiger partial charge in [0.25, 0.3) is 11.9 Å². The van der Waals surface area contributed by atoms with E-state index in [0.29, 0.717) is 0 Å². The summed E-state index contributed by atoms with van der Waals surface area (Å²) in [7, 11) is 0. The topological polar surface area (TPSA) is 107 Å². The van der Waals surface area contributed by atoms with Gasteiger partial charge in [0.1, 0.15) is 6.26 Å². The fraction of sp³-hybridized carbons (Fsp3) is 0. The lowest BCUT2D eigenvalue weighted by Crippen LogP contribution is -2.30. The molecule has 0 saturated carbocycles. The average Bonchev–Trinajstić information content (AvgIpc) is 2.34. The standard InChI is InChI=1S/C4H6N4O2/c5-4-7-2(1-10-4)3(9)8-6/h1H,6H2,(H2,5,7)(H,8,9). The Hall–Kier alpha value is -1.56. The minimum absolute atomic E-state index is 0.0569. The highest BCUT2D eigenvalue weighted by molar-refractivity contribution is 5.91. The van der Waals surface area contributed by atoms with Gasteiger partial charge in [0.05, 0.1) is 0 Å². The van der Waals surface area contributed by atoms with Crippen LogP contribution in [-0.2, 0) is 0 Å². The first kappa shape index (κ1) is 6.56. The highest BCUT2D eigenvalue weighted by Crippen LogP contribution is 2.01. The summed E-state index contributed by atoms with van der Waals surface area (Å²) in [6.07, 6.45) is 1.12. The third kappa shape index (κ3) is 1.06. The summed E-state index contributed by atoms with van der Waals surface area (Å²) in [5, 5.41) is 0. The van der Waals surface area contributed by atoms with Crippen LogP contribution in [0.2, 0.25) is 0 Å². The van der Waals surface area contributed by atoms with E-state index in [2.05, 4.69) is 9.40 Å². The second kappa shape index (κ2) is 2.36. The number of rotatable bonds is 1. The summed E-state index contributed by atoms with van der Waals surface area (Å²) in [6.45, 7) is 0. The summed E-state index contributed by atoms with van der Waals surface area (Å²) in [6, 6.07) is -0.0569. The molecule has 6 nitrogen and oxygen atoms in total. The maximum atomic E-state index is 10.6. The number of hydrogen-bond acceptors (Lipinski definition) is 5. The number of hydrogen-bond donors (Lipinski definition) is 3. The van der Waals surface area contributed by atoms with Crippen LogP contribution in [0.15, 0.2) is 10.7 Å². The van der Waals surface area contributed by atoms with Crippen molar-refractivity contribution in [2.24, 2.45) is 5.84 Å². The first-order valence-corrected chi connectivity index (χ1v) is 2.46. The molecule has 0 unspecified atom stereocenters. The molecule has 0 bridgehead atoms. The molecule has 0 aliphatic rings. The van der Waals surface area contributed by atoms with Gasteiger partial charge in [-0.15, -0.1) is 0 Å². The first-order chi connectivity index (χ1) is 4.74. The third-order valence-corrected chi connectivity index (χ3v) is 0.886. The molecule has 1 aromatic rings. The maximum Gasteiger partial charge on any atom is 0.292 e. The molecule has 0 aliphatic heterocycles. The predicted octanol–water partition coefficient (Wildman–Crippen LogP) is -1.14. The van der Waals surface area contributed by atoms with Gasteiger partial charge in [0.15, 0.2) is 5.69 Å². The lowest BCUT2D eigenvalue weighted by Gasteiger charge is -1.88. The van der Waals surface area contributed by atoms with Crippen molar-refractivity contribution in [3.05, 3.63) is 12.0 Å². The largest absolute Gasteiger partial charge is 0.431 e. The van der Waals surface area contributed by atoms with E-state index in [1.54, 1.807) is 0 Å². The zero-order valence-corrected chi connectivity index (χ0v) is 5.00.